The van der Waals surface area contributed by atoms with Crippen LogP contribution in [0.3, 0.4) is 0 Å². The van der Waals surface area contributed by atoms with Crippen molar-refractivity contribution in [2.45, 2.75) is 13.5 Å². The quantitative estimate of drug-likeness (QED) is 0.345. The molecule has 0 radical (unpaired) electrons. The molecule has 0 saturated heterocycles. The highest BCUT2D eigenvalue weighted by Gasteiger charge is 2.11. The van der Waals surface area contributed by atoms with Gasteiger partial charge in [0, 0.05) is 0 Å². The largest absolute Gasteiger partial charge is 0.484 e. The normalized spacial score (nSPS) is 11.4. The maximum Gasteiger partial charge on any atom is 0.219 e. The Morgan fingerprint density at radius 1 is 1.29 bits per heavy atom. The van der Waals surface area contributed by atoms with Crippen molar-refractivity contribution >= 4 is 30.0 Å². The van der Waals surface area contributed by atoms with Crippen LogP contribution in [-0.4, -0.2) is 21.1 Å². The minimum Gasteiger partial charge on any atom is -0.484 e. The zero-order valence-corrected chi connectivity index (χ0v) is 16.3. The van der Waals surface area contributed by atoms with Crippen LogP contribution >= 0.6 is 23.8 Å². The number of aromatic amines is 1. The molecule has 1 aromatic carbocycles. The van der Waals surface area contributed by atoms with E-state index < -0.39 is 0 Å². The molecule has 0 aliphatic heterocycles. The van der Waals surface area contributed by atoms with E-state index in [-0.39, 0.29) is 6.61 Å². The van der Waals surface area contributed by atoms with Gasteiger partial charge in [-0.1, -0.05) is 23.7 Å². The predicted octanol–water partition coefficient (Wildman–Crippen LogP) is 5.22. The third-order valence-corrected chi connectivity index (χ3v) is 4.46. The topological polar surface area (TPSA) is 81.5 Å². The summed E-state index contributed by atoms with van der Waals surface area (Å²) in [5.74, 6) is 2.85. The molecule has 0 amide bonds. The lowest BCUT2D eigenvalue weighted by Crippen LogP contribution is -1.96. The number of hydrogen-bond acceptors (Lipinski definition) is 6. The summed E-state index contributed by atoms with van der Waals surface area (Å²) in [5.41, 5.74) is 0.959. The summed E-state index contributed by atoms with van der Waals surface area (Å²) in [5, 5.41) is 11.7. The third-order valence-electron chi connectivity index (χ3n) is 3.90. The van der Waals surface area contributed by atoms with E-state index in [9.17, 15) is 0 Å². The van der Waals surface area contributed by atoms with Crippen LogP contribution in [0.2, 0.25) is 5.02 Å². The Balaban J connectivity index is 1.49. The molecule has 142 valence electrons. The van der Waals surface area contributed by atoms with Crippen molar-refractivity contribution in [3.63, 3.8) is 0 Å². The van der Waals surface area contributed by atoms with Gasteiger partial charge in [0.2, 0.25) is 10.6 Å². The van der Waals surface area contributed by atoms with Gasteiger partial charge < -0.3 is 13.6 Å². The van der Waals surface area contributed by atoms with E-state index in [1.54, 1.807) is 36.7 Å². The molecule has 7 nitrogen and oxygen atoms in total. The average Bonchev–Trinajstić information content (AvgIpc) is 3.41. The summed E-state index contributed by atoms with van der Waals surface area (Å²) in [6.07, 6.45) is 3.10. The van der Waals surface area contributed by atoms with Gasteiger partial charge in [0.1, 0.15) is 23.9 Å². The lowest BCUT2D eigenvalue weighted by molar-refractivity contribution is 0.268. The van der Waals surface area contributed by atoms with E-state index in [2.05, 4.69) is 15.3 Å². The van der Waals surface area contributed by atoms with Gasteiger partial charge in [-0.3, -0.25) is 0 Å². The van der Waals surface area contributed by atoms with Crippen molar-refractivity contribution in [1.82, 2.24) is 14.9 Å². The fraction of sp³-hybridized carbons (Fsp3) is 0.105. The number of aromatic nitrogens is 3. The van der Waals surface area contributed by atoms with Crippen LogP contribution in [0, 0.1) is 11.7 Å². The molecule has 0 unspecified atom stereocenters. The third kappa shape index (κ3) is 3.78. The fourth-order valence-electron chi connectivity index (χ4n) is 2.56. The zero-order chi connectivity index (χ0) is 19.5. The predicted molar refractivity (Wildman–Crippen MR) is 107 cm³/mol. The van der Waals surface area contributed by atoms with Crippen molar-refractivity contribution in [2.75, 3.05) is 0 Å². The van der Waals surface area contributed by atoms with Gasteiger partial charge in [-0.05, 0) is 55.0 Å². The van der Waals surface area contributed by atoms with Crippen molar-refractivity contribution in [3.8, 4) is 17.3 Å². The van der Waals surface area contributed by atoms with E-state index >= 15 is 0 Å². The lowest BCUT2D eigenvalue weighted by Gasteiger charge is -2.09. The van der Waals surface area contributed by atoms with E-state index in [4.69, 9.17) is 37.4 Å². The van der Waals surface area contributed by atoms with Crippen LogP contribution in [0.5, 0.6) is 5.75 Å². The number of ether oxygens (including phenoxy) is 1. The highest BCUT2D eigenvalue weighted by molar-refractivity contribution is 7.71. The summed E-state index contributed by atoms with van der Waals surface area (Å²) in [7, 11) is 0. The molecule has 28 heavy (non-hydrogen) atoms. The number of para-hydroxylation sites is 1. The molecule has 1 N–H and O–H groups in total. The first-order valence-corrected chi connectivity index (χ1v) is 9.13. The molecule has 0 fully saturated rings. The number of nitrogens with zero attached hydrogens (tertiary/aromatic N) is 3. The van der Waals surface area contributed by atoms with Crippen LogP contribution in [0.15, 0.2) is 62.7 Å². The second-order valence-electron chi connectivity index (χ2n) is 5.86. The van der Waals surface area contributed by atoms with Crippen molar-refractivity contribution in [1.29, 1.82) is 0 Å². The number of benzene rings is 1. The molecule has 0 aliphatic carbocycles. The Labute approximate surface area is 170 Å². The standard InChI is InChI=1S/C19H15ClN4O3S/c1-12-4-2-5-15(20)17(12)26-11-14-8-7-13(27-14)10-21-24-18(22-23-19(24)28)16-6-3-9-25-16/h2-10H,11H2,1H3,(H,23,28)/b21-10-. The first-order chi connectivity index (χ1) is 13.6. The molecule has 0 spiro atoms. The van der Waals surface area contributed by atoms with E-state index in [0.717, 1.165) is 5.56 Å². The summed E-state index contributed by atoms with van der Waals surface area (Å²) in [6.45, 7) is 2.19. The summed E-state index contributed by atoms with van der Waals surface area (Å²) >= 11 is 11.4. The monoisotopic (exact) mass is 414 g/mol. The minimum atomic E-state index is 0.251. The number of nitrogens with one attached hydrogen (secondary N) is 1. The fourth-order valence-corrected chi connectivity index (χ4v) is 3.02. The van der Waals surface area contributed by atoms with Gasteiger partial charge in [0.05, 0.1) is 17.5 Å². The maximum absolute atomic E-state index is 6.17. The molecule has 3 aromatic heterocycles. The van der Waals surface area contributed by atoms with Crippen LogP contribution in [0.4, 0.5) is 0 Å². The molecular weight excluding hydrogens is 400 g/mol. The Kier molecular flexibility index (Phi) is 5.14. The second kappa shape index (κ2) is 7.87. The van der Waals surface area contributed by atoms with E-state index in [0.29, 0.717) is 38.6 Å². The molecule has 0 aliphatic rings. The van der Waals surface area contributed by atoms with Gasteiger partial charge >= 0.3 is 0 Å². The Morgan fingerprint density at radius 3 is 2.96 bits per heavy atom. The first kappa shape index (κ1) is 18.3. The minimum absolute atomic E-state index is 0.251. The van der Waals surface area contributed by atoms with E-state index in [1.807, 2.05) is 25.1 Å². The molecule has 3 heterocycles. The number of rotatable bonds is 6. The SMILES string of the molecule is Cc1cccc(Cl)c1OCc1ccc(/C=N\n2c(-c3ccco3)n[nH]c2=S)o1. The molecule has 4 rings (SSSR count). The average molecular weight is 415 g/mol. The molecule has 0 atom stereocenters. The molecular formula is C19H15ClN4O3S. The van der Waals surface area contributed by atoms with Crippen LogP contribution in [0.1, 0.15) is 17.1 Å². The summed E-state index contributed by atoms with van der Waals surface area (Å²) in [4.78, 5) is 0. The van der Waals surface area contributed by atoms with Gasteiger partial charge in [-0.2, -0.15) is 9.78 Å². The zero-order valence-electron chi connectivity index (χ0n) is 14.8. The number of halogens is 1. The Hall–Kier alpha value is -3.10. The van der Waals surface area contributed by atoms with E-state index in [1.165, 1.54) is 4.68 Å². The summed E-state index contributed by atoms with van der Waals surface area (Å²) < 4.78 is 18.7. The number of furan rings is 2. The molecule has 9 heteroatoms. The molecule has 0 bridgehead atoms. The second-order valence-corrected chi connectivity index (χ2v) is 6.66. The number of aryl methyl sites for hydroxylation is 1. The van der Waals surface area contributed by atoms with Crippen LogP contribution in [0.25, 0.3) is 11.6 Å². The highest BCUT2D eigenvalue weighted by atomic mass is 35.5. The smallest absolute Gasteiger partial charge is 0.219 e. The van der Waals surface area contributed by atoms with Crippen molar-refractivity contribution in [2.24, 2.45) is 5.10 Å². The first-order valence-electron chi connectivity index (χ1n) is 8.34. The highest BCUT2D eigenvalue weighted by Crippen LogP contribution is 2.28. The van der Waals surface area contributed by atoms with Gasteiger partial charge in [-0.25, -0.2) is 5.10 Å². The van der Waals surface area contributed by atoms with Crippen LogP contribution in [-0.2, 0) is 6.61 Å². The van der Waals surface area contributed by atoms with Gasteiger partial charge in [-0.15, -0.1) is 5.10 Å². The Morgan fingerprint density at radius 2 is 2.18 bits per heavy atom. The number of hydrogen-bond donors (Lipinski definition) is 1. The Bertz CT molecular complexity index is 1150. The molecule has 0 saturated carbocycles. The van der Waals surface area contributed by atoms with Gasteiger partial charge in [0.15, 0.2) is 5.76 Å². The maximum atomic E-state index is 6.17. The van der Waals surface area contributed by atoms with Crippen molar-refractivity contribution < 1.29 is 13.6 Å². The van der Waals surface area contributed by atoms with Gasteiger partial charge in [0.25, 0.3) is 0 Å². The van der Waals surface area contributed by atoms with Crippen molar-refractivity contribution in [3.05, 3.63) is 75.6 Å². The summed E-state index contributed by atoms with van der Waals surface area (Å²) in [6, 6.07) is 12.7. The van der Waals surface area contributed by atoms with Crippen LogP contribution < -0.4 is 4.74 Å². The lowest BCUT2D eigenvalue weighted by atomic mass is 10.2. The number of H-pyrrole nitrogens is 1. The molecule has 4 aromatic rings.